The maximum atomic E-state index is 11.6. The molecule has 0 saturated heterocycles. The molecule has 32 heavy (non-hydrogen) atoms. The van der Waals surface area contributed by atoms with E-state index in [0.29, 0.717) is 25.3 Å². The van der Waals surface area contributed by atoms with E-state index < -0.39 is 0 Å². The third-order valence-corrected chi connectivity index (χ3v) is 5.48. The molecule has 0 radical (unpaired) electrons. The van der Waals surface area contributed by atoms with Crippen LogP contribution >= 0.6 is 0 Å². The molecule has 0 aromatic heterocycles. The van der Waals surface area contributed by atoms with Gasteiger partial charge in [0, 0.05) is 13.1 Å². The van der Waals surface area contributed by atoms with Crippen molar-refractivity contribution in [1.29, 1.82) is 0 Å². The summed E-state index contributed by atoms with van der Waals surface area (Å²) in [5.74, 6) is -0.322. The van der Waals surface area contributed by atoms with Gasteiger partial charge in [-0.1, -0.05) is 87.5 Å². The van der Waals surface area contributed by atoms with Crippen molar-refractivity contribution in [3.63, 3.8) is 0 Å². The van der Waals surface area contributed by atoms with Crippen LogP contribution in [-0.4, -0.2) is 19.6 Å². The second-order valence-electron chi connectivity index (χ2n) is 8.98. The predicted molar refractivity (Wildman–Crippen MR) is 129 cm³/mol. The third-order valence-electron chi connectivity index (χ3n) is 5.48. The first-order valence-corrected chi connectivity index (χ1v) is 11.0. The highest BCUT2D eigenvalue weighted by Gasteiger charge is 2.15. The van der Waals surface area contributed by atoms with Crippen LogP contribution in [-0.2, 0) is 28.0 Å². The molecule has 1 unspecified atom stereocenters. The topological polar surface area (TPSA) is 47.6 Å². The van der Waals surface area contributed by atoms with Gasteiger partial charge in [-0.3, -0.25) is 0 Å². The molecular weight excluding hydrogens is 398 g/mol. The SMILES string of the molecule is COC(=O)c1ccc(CNCC(OCc2ccc(C(C)(C)C)cc2)c2ccccc2)cc1. The third kappa shape index (κ3) is 6.78. The quantitative estimate of drug-likeness (QED) is 0.434. The Morgan fingerprint density at radius 3 is 2.09 bits per heavy atom. The number of carbonyl (C=O) groups is 1. The molecule has 0 aliphatic heterocycles. The number of carbonyl (C=O) groups excluding carboxylic acids is 1. The smallest absolute Gasteiger partial charge is 0.337 e. The average molecular weight is 432 g/mol. The van der Waals surface area contributed by atoms with Crippen molar-refractivity contribution in [2.45, 2.75) is 45.4 Å². The van der Waals surface area contributed by atoms with Crippen LogP contribution in [0, 0.1) is 0 Å². The largest absolute Gasteiger partial charge is 0.465 e. The maximum absolute atomic E-state index is 11.6. The van der Waals surface area contributed by atoms with Gasteiger partial charge in [0.1, 0.15) is 0 Å². The molecule has 3 rings (SSSR count). The Kier molecular flexibility index (Phi) is 8.20. The van der Waals surface area contributed by atoms with Gasteiger partial charge in [0.15, 0.2) is 0 Å². The van der Waals surface area contributed by atoms with Crippen molar-refractivity contribution in [1.82, 2.24) is 5.32 Å². The average Bonchev–Trinajstić information content (AvgIpc) is 2.81. The zero-order valence-corrected chi connectivity index (χ0v) is 19.4. The Labute approximate surface area is 191 Å². The Morgan fingerprint density at radius 2 is 1.50 bits per heavy atom. The summed E-state index contributed by atoms with van der Waals surface area (Å²) in [5, 5.41) is 3.49. The molecule has 0 fully saturated rings. The van der Waals surface area contributed by atoms with Crippen LogP contribution in [0.15, 0.2) is 78.9 Å². The van der Waals surface area contributed by atoms with Crippen LogP contribution < -0.4 is 5.32 Å². The molecular formula is C28H33NO3. The minimum Gasteiger partial charge on any atom is -0.465 e. The Morgan fingerprint density at radius 1 is 0.875 bits per heavy atom. The van der Waals surface area contributed by atoms with E-state index in [2.05, 4.69) is 62.5 Å². The van der Waals surface area contributed by atoms with E-state index in [0.717, 1.165) is 16.7 Å². The van der Waals surface area contributed by atoms with Gasteiger partial charge in [-0.15, -0.1) is 0 Å². The lowest BCUT2D eigenvalue weighted by Crippen LogP contribution is -2.23. The van der Waals surface area contributed by atoms with E-state index in [1.165, 1.54) is 12.7 Å². The van der Waals surface area contributed by atoms with Crippen molar-refractivity contribution in [3.8, 4) is 0 Å². The van der Waals surface area contributed by atoms with Gasteiger partial charge in [-0.25, -0.2) is 4.79 Å². The fourth-order valence-corrected chi connectivity index (χ4v) is 3.46. The molecule has 4 nitrogen and oxygen atoms in total. The molecule has 4 heteroatoms. The van der Waals surface area contributed by atoms with Crippen molar-refractivity contribution in [2.75, 3.05) is 13.7 Å². The zero-order chi connectivity index (χ0) is 23.0. The molecule has 168 valence electrons. The molecule has 0 spiro atoms. The minimum absolute atomic E-state index is 0.0622. The summed E-state index contributed by atoms with van der Waals surface area (Å²) < 4.78 is 11.1. The zero-order valence-electron chi connectivity index (χ0n) is 19.4. The van der Waals surface area contributed by atoms with E-state index in [4.69, 9.17) is 9.47 Å². The van der Waals surface area contributed by atoms with E-state index in [1.807, 2.05) is 30.3 Å². The lowest BCUT2D eigenvalue weighted by molar-refractivity contribution is 0.0396. The number of esters is 1. The van der Waals surface area contributed by atoms with Crippen LogP contribution in [0.5, 0.6) is 0 Å². The van der Waals surface area contributed by atoms with E-state index in [-0.39, 0.29) is 17.5 Å². The monoisotopic (exact) mass is 431 g/mol. The molecule has 0 amide bonds. The summed E-state index contributed by atoms with van der Waals surface area (Å²) in [5.41, 5.74) is 5.43. The highest BCUT2D eigenvalue weighted by molar-refractivity contribution is 5.89. The fourth-order valence-electron chi connectivity index (χ4n) is 3.46. The van der Waals surface area contributed by atoms with E-state index in [1.54, 1.807) is 12.1 Å². The fraction of sp³-hybridized carbons (Fsp3) is 0.321. The van der Waals surface area contributed by atoms with Gasteiger partial charge >= 0.3 is 5.97 Å². The molecule has 0 aliphatic carbocycles. The first-order valence-electron chi connectivity index (χ1n) is 11.0. The first-order chi connectivity index (χ1) is 15.4. The van der Waals surface area contributed by atoms with Crippen LogP contribution in [0.4, 0.5) is 0 Å². The predicted octanol–water partition coefficient (Wildman–Crippen LogP) is 5.82. The standard InChI is InChI=1S/C28H33NO3/c1-28(2,3)25-16-12-22(13-17-25)20-32-26(23-8-6-5-7-9-23)19-29-18-21-10-14-24(15-11-21)27(30)31-4/h5-17,26,29H,18-20H2,1-4H3. The Balaban J connectivity index is 1.59. The molecule has 0 saturated carbocycles. The minimum atomic E-state index is -0.322. The number of benzene rings is 3. The number of nitrogens with one attached hydrogen (secondary N) is 1. The second-order valence-corrected chi connectivity index (χ2v) is 8.98. The van der Waals surface area contributed by atoms with Crippen molar-refractivity contribution < 1.29 is 14.3 Å². The van der Waals surface area contributed by atoms with Crippen molar-refractivity contribution in [2.24, 2.45) is 0 Å². The van der Waals surface area contributed by atoms with Gasteiger partial charge in [-0.05, 0) is 39.8 Å². The van der Waals surface area contributed by atoms with Gasteiger partial charge in [-0.2, -0.15) is 0 Å². The summed E-state index contributed by atoms with van der Waals surface area (Å²) in [6, 6.07) is 26.4. The maximum Gasteiger partial charge on any atom is 0.337 e. The van der Waals surface area contributed by atoms with Crippen LogP contribution in [0.2, 0.25) is 0 Å². The highest BCUT2D eigenvalue weighted by atomic mass is 16.5. The van der Waals surface area contributed by atoms with E-state index in [9.17, 15) is 4.79 Å². The highest BCUT2D eigenvalue weighted by Crippen LogP contribution is 2.23. The summed E-state index contributed by atoms with van der Waals surface area (Å²) in [6.07, 6.45) is -0.0622. The second kappa shape index (κ2) is 11.1. The van der Waals surface area contributed by atoms with Crippen LogP contribution in [0.1, 0.15) is 59.5 Å². The summed E-state index contributed by atoms with van der Waals surface area (Å²) in [6.45, 7) is 8.59. The van der Waals surface area contributed by atoms with Gasteiger partial charge in [0.25, 0.3) is 0 Å². The molecule has 0 aliphatic rings. The molecule has 3 aromatic carbocycles. The normalized spacial score (nSPS) is 12.4. The van der Waals surface area contributed by atoms with Gasteiger partial charge in [0.2, 0.25) is 0 Å². The molecule has 1 N–H and O–H groups in total. The lowest BCUT2D eigenvalue weighted by atomic mass is 9.87. The lowest BCUT2D eigenvalue weighted by Gasteiger charge is -2.21. The van der Waals surface area contributed by atoms with Crippen LogP contribution in [0.25, 0.3) is 0 Å². The Hall–Kier alpha value is -2.95. The molecule has 1 atom stereocenters. The number of hydrogen-bond acceptors (Lipinski definition) is 4. The summed E-state index contributed by atoms with van der Waals surface area (Å²) >= 11 is 0. The van der Waals surface area contributed by atoms with Crippen molar-refractivity contribution >= 4 is 5.97 Å². The number of ether oxygens (including phenoxy) is 2. The first kappa shape index (κ1) is 23.7. The number of hydrogen-bond donors (Lipinski definition) is 1. The van der Waals surface area contributed by atoms with Gasteiger partial charge < -0.3 is 14.8 Å². The van der Waals surface area contributed by atoms with E-state index >= 15 is 0 Å². The summed E-state index contributed by atoms with van der Waals surface area (Å²) in [7, 11) is 1.39. The summed E-state index contributed by atoms with van der Waals surface area (Å²) in [4.78, 5) is 11.6. The van der Waals surface area contributed by atoms with Gasteiger partial charge in [0.05, 0.1) is 25.4 Å². The number of methoxy groups -OCH3 is 1. The molecule has 0 bridgehead atoms. The van der Waals surface area contributed by atoms with Crippen molar-refractivity contribution in [3.05, 3.63) is 107 Å². The molecule has 0 heterocycles. The number of rotatable bonds is 9. The van der Waals surface area contributed by atoms with Crippen LogP contribution in [0.3, 0.4) is 0 Å². The Bertz CT molecular complexity index is 974. The molecule has 3 aromatic rings.